The molecular formula is C46H80N4. The highest BCUT2D eigenvalue weighted by atomic mass is 15.2. The first-order chi connectivity index (χ1) is 23.0. The minimum Gasteiger partial charge on any atom is -0.376 e. The molecule has 3 aliphatic rings. The molecule has 3 heterocycles. The molecule has 0 saturated carbocycles. The van der Waals surface area contributed by atoms with E-state index < -0.39 is 0 Å². The van der Waals surface area contributed by atoms with Crippen molar-refractivity contribution in [2.24, 2.45) is 23.7 Å². The third-order valence-electron chi connectivity index (χ3n) is 9.15. The summed E-state index contributed by atoms with van der Waals surface area (Å²) in [6.45, 7) is 55.6. The van der Waals surface area contributed by atoms with Gasteiger partial charge in [-0.15, -0.1) is 0 Å². The van der Waals surface area contributed by atoms with E-state index in [2.05, 4.69) is 201 Å². The number of allylic oxidation sites excluding steroid dienone is 11. The highest BCUT2D eigenvalue weighted by Crippen LogP contribution is 2.32. The molecule has 0 aliphatic carbocycles. The van der Waals surface area contributed by atoms with E-state index in [-0.39, 0.29) is 0 Å². The number of hydrogen-bond acceptors (Lipinski definition) is 4. The Balaban J connectivity index is 0.000000645. The highest BCUT2D eigenvalue weighted by molar-refractivity contribution is 5.36. The van der Waals surface area contributed by atoms with Crippen LogP contribution in [0.25, 0.3) is 0 Å². The number of hydrogen-bond donors (Lipinski definition) is 0. The van der Waals surface area contributed by atoms with Crippen molar-refractivity contribution in [3.63, 3.8) is 0 Å². The summed E-state index contributed by atoms with van der Waals surface area (Å²) in [6, 6.07) is 2.12. The van der Waals surface area contributed by atoms with Crippen LogP contribution in [0.2, 0.25) is 0 Å². The summed E-state index contributed by atoms with van der Waals surface area (Å²) in [5.74, 6) is 2.27. The maximum Gasteiger partial charge on any atom is 0.0279 e. The second-order valence-corrected chi connectivity index (χ2v) is 16.4. The second-order valence-electron chi connectivity index (χ2n) is 16.4. The van der Waals surface area contributed by atoms with Crippen molar-refractivity contribution in [3.05, 3.63) is 109 Å². The van der Waals surface area contributed by atoms with E-state index in [9.17, 15) is 0 Å². The van der Waals surface area contributed by atoms with Gasteiger partial charge in [0.05, 0.1) is 0 Å². The van der Waals surface area contributed by atoms with Crippen molar-refractivity contribution in [3.8, 4) is 0 Å². The fourth-order valence-electron chi connectivity index (χ4n) is 6.18. The first kappa shape index (κ1) is 46.9. The van der Waals surface area contributed by atoms with Gasteiger partial charge < -0.3 is 19.6 Å². The summed E-state index contributed by atoms with van der Waals surface area (Å²) in [7, 11) is 2.09. The zero-order chi connectivity index (χ0) is 39.2. The van der Waals surface area contributed by atoms with E-state index in [1.54, 1.807) is 0 Å². The summed E-state index contributed by atoms with van der Waals surface area (Å²) in [5.41, 5.74) is 10.1. The van der Waals surface area contributed by atoms with Crippen LogP contribution in [0.3, 0.4) is 0 Å². The third-order valence-corrected chi connectivity index (χ3v) is 9.15. The van der Waals surface area contributed by atoms with E-state index in [4.69, 9.17) is 0 Å². The molecule has 0 aromatic heterocycles. The van der Waals surface area contributed by atoms with Gasteiger partial charge in [-0.25, -0.2) is 0 Å². The molecular weight excluding hydrogens is 609 g/mol. The largest absolute Gasteiger partial charge is 0.376 e. The predicted molar refractivity (Wildman–Crippen MR) is 226 cm³/mol. The first-order valence-electron chi connectivity index (χ1n) is 19.3. The van der Waals surface area contributed by atoms with Crippen LogP contribution in [0.1, 0.15) is 130 Å². The molecule has 0 saturated heterocycles. The summed E-state index contributed by atoms with van der Waals surface area (Å²) in [6.07, 6.45) is 14.1. The van der Waals surface area contributed by atoms with E-state index in [0.29, 0.717) is 47.8 Å². The van der Waals surface area contributed by atoms with Crippen LogP contribution in [0.5, 0.6) is 0 Å². The van der Waals surface area contributed by atoms with Gasteiger partial charge in [-0.05, 0) is 121 Å². The Hall–Kier alpha value is -3.14. The maximum absolute atomic E-state index is 4.13. The molecule has 0 radical (unpaired) electrons. The molecule has 284 valence electrons. The van der Waals surface area contributed by atoms with Crippen molar-refractivity contribution in [2.45, 2.75) is 154 Å². The Morgan fingerprint density at radius 1 is 0.640 bits per heavy atom. The van der Waals surface area contributed by atoms with Crippen molar-refractivity contribution in [1.29, 1.82) is 0 Å². The summed E-state index contributed by atoms with van der Waals surface area (Å²) in [4.78, 5) is 9.23. The predicted octanol–water partition coefficient (Wildman–Crippen LogP) is 13.1. The quantitative estimate of drug-likeness (QED) is 0.239. The summed E-state index contributed by atoms with van der Waals surface area (Å²) >= 11 is 0. The fourth-order valence-corrected chi connectivity index (χ4v) is 6.18. The van der Waals surface area contributed by atoms with E-state index >= 15 is 0 Å². The summed E-state index contributed by atoms with van der Waals surface area (Å²) < 4.78 is 0. The zero-order valence-electron chi connectivity index (χ0n) is 36.0. The van der Waals surface area contributed by atoms with E-state index in [1.807, 2.05) is 0 Å². The number of nitrogens with zero attached hydrogens (tertiary/aromatic N) is 4. The van der Waals surface area contributed by atoms with Gasteiger partial charge >= 0.3 is 0 Å². The molecule has 0 aromatic rings. The van der Waals surface area contributed by atoms with Gasteiger partial charge in [0, 0.05) is 78.0 Å². The molecule has 4 heteroatoms. The summed E-state index contributed by atoms with van der Waals surface area (Å²) in [5, 5.41) is 0. The average molecular weight is 689 g/mol. The van der Waals surface area contributed by atoms with Crippen LogP contribution in [0.15, 0.2) is 109 Å². The molecule has 0 amide bonds. The molecule has 0 N–H and O–H groups in total. The van der Waals surface area contributed by atoms with Gasteiger partial charge in [0.15, 0.2) is 0 Å². The molecule has 0 aromatic carbocycles. The van der Waals surface area contributed by atoms with Crippen molar-refractivity contribution in [1.82, 2.24) is 19.6 Å². The second kappa shape index (κ2) is 21.9. The molecule has 0 unspecified atom stereocenters. The first-order valence-corrected chi connectivity index (χ1v) is 19.3. The lowest BCUT2D eigenvalue weighted by Crippen LogP contribution is -2.33. The van der Waals surface area contributed by atoms with Crippen LogP contribution in [0.4, 0.5) is 0 Å². The SMILES string of the molecule is C=C(C(C)C)N(C)C(C)C.C=C1C=C(C(C)C)N(C(C)C)C(=C)C1.C=C1C=CN(C(C)C)C(C(C)C)=C1.C=C1CCC=C(C(C)C)N1C(C)C. The Morgan fingerprint density at radius 3 is 1.48 bits per heavy atom. The molecule has 3 rings (SSSR count). The lowest BCUT2D eigenvalue weighted by molar-refractivity contribution is 0.300. The topological polar surface area (TPSA) is 13.0 Å². The number of rotatable bonds is 9. The standard InChI is InChI=1S/C13H21N.C12H19N.C12H21N.C9H19N/c1-9(2)13-8-11(5)7-12(6)14(13)10(3)4;1-9(2)12-8-11(5)6-7-13(12)10(3)4;1-9(2)12-8-6-7-11(5)13(12)10(3)4;1-7(2)9(5)10(6)8(3)4/h8-10H,5-7H2,1-4H3;6-10H,5H2,1-4H3;8-10H,5-7H2,1-4H3;7-8H,5H2,1-4,6H3. The van der Waals surface area contributed by atoms with Gasteiger partial charge in [0.1, 0.15) is 0 Å². The molecule has 4 nitrogen and oxygen atoms in total. The lowest BCUT2D eigenvalue weighted by Gasteiger charge is -2.38. The van der Waals surface area contributed by atoms with Crippen molar-refractivity contribution in [2.75, 3.05) is 7.05 Å². The Morgan fingerprint density at radius 2 is 1.12 bits per heavy atom. The van der Waals surface area contributed by atoms with Crippen molar-refractivity contribution < 1.29 is 0 Å². The average Bonchev–Trinajstić information content (AvgIpc) is 2.99. The Bertz CT molecular complexity index is 1260. The lowest BCUT2D eigenvalue weighted by atomic mass is 9.97. The fraction of sp³-hybridized carbons (Fsp3) is 0.609. The Labute approximate surface area is 312 Å². The molecule has 0 spiro atoms. The third kappa shape index (κ3) is 15.0. The van der Waals surface area contributed by atoms with Crippen LogP contribution < -0.4 is 0 Å². The molecule has 0 bridgehead atoms. The van der Waals surface area contributed by atoms with Gasteiger partial charge in [-0.3, -0.25) is 0 Å². The smallest absolute Gasteiger partial charge is 0.0279 e. The molecule has 0 fully saturated rings. The zero-order valence-corrected chi connectivity index (χ0v) is 36.0. The maximum atomic E-state index is 4.13. The molecule has 50 heavy (non-hydrogen) atoms. The van der Waals surface area contributed by atoms with Crippen LogP contribution in [0, 0.1) is 23.7 Å². The van der Waals surface area contributed by atoms with Gasteiger partial charge in [0.2, 0.25) is 0 Å². The highest BCUT2D eigenvalue weighted by Gasteiger charge is 2.23. The van der Waals surface area contributed by atoms with Crippen LogP contribution >= 0.6 is 0 Å². The molecule has 3 aliphatic heterocycles. The van der Waals surface area contributed by atoms with Crippen LogP contribution in [-0.4, -0.2) is 50.8 Å². The minimum absolute atomic E-state index is 0.490. The van der Waals surface area contributed by atoms with E-state index in [0.717, 1.165) is 24.8 Å². The normalized spacial score (nSPS) is 16.5. The van der Waals surface area contributed by atoms with Crippen molar-refractivity contribution >= 4 is 0 Å². The monoisotopic (exact) mass is 689 g/mol. The van der Waals surface area contributed by atoms with Gasteiger partial charge in [-0.1, -0.05) is 94.4 Å². The Kier molecular flexibility index (Phi) is 20.6. The van der Waals surface area contributed by atoms with Gasteiger partial charge in [0.25, 0.3) is 0 Å². The molecule has 0 atom stereocenters. The minimum atomic E-state index is 0.490. The van der Waals surface area contributed by atoms with Gasteiger partial charge in [-0.2, -0.15) is 0 Å². The van der Waals surface area contributed by atoms with Crippen LogP contribution in [-0.2, 0) is 0 Å². The van der Waals surface area contributed by atoms with E-state index in [1.165, 1.54) is 39.8 Å².